The van der Waals surface area contributed by atoms with Gasteiger partial charge in [-0.1, -0.05) is 23.7 Å². The third kappa shape index (κ3) is 2.72. The Hall–Kier alpha value is -1.11. The number of halogens is 1. The van der Waals surface area contributed by atoms with Crippen LogP contribution in [0.25, 0.3) is 0 Å². The molecule has 0 saturated carbocycles. The van der Waals surface area contributed by atoms with E-state index in [1.54, 1.807) is 6.07 Å². The van der Waals surface area contributed by atoms with Crippen LogP contribution >= 0.6 is 11.6 Å². The van der Waals surface area contributed by atoms with Crippen LogP contribution in [-0.4, -0.2) is 37.4 Å². The quantitative estimate of drug-likeness (QED) is 0.881. The van der Waals surface area contributed by atoms with E-state index in [-0.39, 0.29) is 9.92 Å². The van der Waals surface area contributed by atoms with Crippen molar-refractivity contribution in [3.63, 3.8) is 0 Å². The lowest BCUT2D eigenvalue weighted by Gasteiger charge is -2.15. The fraction of sp³-hybridized carbons (Fsp3) is 0.222. The van der Waals surface area contributed by atoms with Gasteiger partial charge in [0.25, 0.3) is 0 Å². The topological polar surface area (TPSA) is 74.7 Å². The second kappa shape index (κ2) is 4.82. The molecule has 16 heavy (non-hydrogen) atoms. The van der Waals surface area contributed by atoms with Crippen LogP contribution in [0.5, 0.6) is 0 Å². The first-order valence-electron chi connectivity index (χ1n) is 4.28. The van der Waals surface area contributed by atoms with Crippen LogP contribution in [0.3, 0.4) is 0 Å². The first-order chi connectivity index (χ1) is 7.35. The van der Waals surface area contributed by atoms with E-state index < -0.39 is 22.5 Å². The lowest BCUT2D eigenvalue weighted by molar-refractivity contribution is -0.137. The van der Waals surface area contributed by atoms with Crippen LogP contribution in [0, 0.1) is 0 Å². The molecule has 7 heteroatoms. The normalized spacial score (nSPS) is 11.7. The highest BCUT2D eigenvalue weighted by atomic mass is 35.5. The first kappa shape index (κ1) is 13.0. The summed E-state index contributed by atoms with van der Waals surface area (Å²) in [4.78, 5) is 10.3. The molecule has 0 aliphatic heterocycles. The van der Waals surface area contributed by atoms with E-state index >= 15 is 0 Å². The fourth-order valence-corrected chi connectivity index (χ4v) is 2.71. The molecule has 1 rings (SSSR count). The minimum Gasteiger partial charge on any atom is -0.480 e. The van der Waals surface area contributed by atoms with Gasteiger partial charge in [0, 0.05) is 7.05 Å². The predicted octanol–water partition coefficient (Wildman–Crippen LogP) is 1.05. The zero-order valence-electron chi connectivity index (χ0n) is 8.42. The van der Waals surface area contributed by atoms with Crippen molar-refractivity contribution in [2.24, 2.45) is 0 Å². The maximum atomic E-state index is 11.9. The summed E-state index contributed by atoms with van der Waals surface area (Å²) in [6.45, 7) is -0.604. The number of likely N-dealkylation sites (N-methyl/N-ethyl adjacent to an activating group) is 1. The van der Waals surface area contributed by atoms with Crippen molar-refractivity contribution < 1.29 is 18.3 Å². The van der Waals surface area contributed by atoms with E-state index in [0.717, 1.165) is 4.31 Å². The summed E-state index contributed by atoms with van der Waals surface area (Å²) in [5.41, 5.74) is 0. The average Bonchev–Trinajstić information content (AvgIpc) is 2.16. The van der Waals surface area contributed by atoms with Gasteiger partial charge < -0.3 is 5.11 Å². The molecule has 0 fully saturated rings. The number of rotatable bonds is 4. The van der Waals surface area contributed by atoms with E-state index in [1.165, 1.54) is 25.2 Å². The van der Waals surface area contributed by atoms with Gasteiger partial charge in [-0.2, -0.15) is 4.31 Å². The van der Waals surface area contributed by atoms with Gasteiger partial charge in [-0.15, -0.1) is 0 Å². The van der Waals surface area contributed by atoms with Crippen LogP contribution < -0.4 is 0 Å². The summed E-state index contributed by atoms with van der Waals surface area (Å²) < 4.78 is 24.5. The van der Waals surface area contributed by atoms with Gasteiger partial charge in [0.15, 0.2) is 0 Å². The number of hydrogen-bond acceptors (Lipinski definition) is 3. The molecule has 1 aromatic carbocycles. The predicted molar refractivity (Wildman–Crippen MR) is 58.9 cm³/mol. The Labute approximate surface area is 98.3 Å². The lowest BCUT2D eigenvalue weighted by atomic mass is 10.4. The van der Waals surface area contributed by atoms with Crippen molar-refractivity contribution in [2.45, 2.75) is 4.90 Å². The molecule has 0 spiro atoms. The summed E-state index contributed by atoms with van der Waals surface area (Å²) in [5.74, 6) is -1.22. The molecule has 0 atom stereocenters. The summed E-state index contributed by atoms with van der Waals surface area (Å²) >= 11 is 5.74. The number of carbonyl (C=O) groups is 1. The third-order valence-electron chi connectivity index (χ3n) is 1.88. The second-order valence-corrected chi connectivity index (χ2v) is 5.51. The Morgan fingerprint density at radius 2 is 2.00 bits per heavy atom. The van der Waals surface area contributed by atoms with E-state index in [1.807, 2.05) is 0 Å². The lowest BCUT2D eigenvalue weighted by Crippen LogP contribution is -2.32. The number of carboxylic acids is 1. The Bertz CT molecular complexity index is 500. The van der Waals surface area contributed by atoms with E-state index in [9.17, 15) is 13.2 Å². The van der Waals surface area contributed by atoms with Crippen LogP contribution in [0.4, 0.5) is 0 Å². The third-order valence-corrected chi connectivity index (χ3v) is 4.19. The van der Waals surface area contributed by atoms with Crippen LogP contribution in [-0.2, 0) is 14.8 Å². The van der Waals surface area contributed by atoms with E-state index in [0.29, 0.717) is 0 Å². The number of hydrogen-bond donors (Lipinski definition) is 1. The fourth-order valence-electron chi connectivity index (χ4n) is 1.10. The van der Waals surface area contributed by atoms with Gasteiger partial charge in [-0.3, -0.25) is 4.79 Å². The molecule has 0 aliphatic carbocycles. The highest BCUT2D eigenvalue weighted by Gasteiger charge is 2.24. The van der Waals surface area contributed by atoms with Gasteiger partial charge in [0.2, 0.25) is 10.0 Å². The molecule has 1 N–H and O–H groups in total. The van der Waals surface area contributed by atoms with Crippen molar-refractivity contribution in [2.75, 3.05) is 13.6 Å². The van der Waals surface area contributed by atoms with Crippen molar-refractivity contribution in [1.29, 1.82) is 0 Å². The van der Waals surface area contributed by atoms with Gasteiger partial charge >= 0.3 is 5.97 Å². The van der Waals surface area contributed by atoms with Crippen molar-refractivity contribution >= 4 is 27.6 Å². The van der Waals surface area contributed by atoms with Crippen molar-refractivity contribution in [1.82, 2.24) is 4.31 Å². The first-order valence-corrected chi connectivity index (χ1v) is 6.10. The molecular formula is C9H10ClNO4S. The molecule has 0 aliphatic rings. The molecule has 0 saturated heterocycles. The van der Waals surface area contributed by atoms with Crippen LogP contribution in [0.2, 0.25) is 5.02 Å². The van der Waals surface area contributed by atoms with Gasteiger partial charge in [-0.05, 0) is 12.1 Å². The maximum Gasteiger partial charge on any atom is 0.318 e. The summed E-state index contributed by atoms with van der Waals surface area (Å²) in [6, 6.07) is 5.88. The standard InChI is InChI=1S/C9H10ClNO4S/c1-11(6-9(12)13)16(14,15)8-5-3-2-4-7(8)10/h2-5H,6H2,1H3,(H,12,13). The molecule has 0 unspecified atom stereocenters. The molecule has 0 radical (unpaired) electrons. The maximum absolute atomic E-state index is 11.9. The molecular weight excluding hydrogens is 254 g/mol. The Kier molecular flexibility index (Phi) is 3.90. The number of sulfonamides is 1. The highest BCUT2D eigenvalue weighted by Crippen LogP contribution is 2.23. The molecule has 0 bridgehead atoms. The molecule has 88 valence electrons. The second-order valence-electron chi connectivity index (χ2n) is 3.09. The van der Waals surface area contributed by atoms with Crippen LogP contribution in [0.15, 0.2) is 29.2 Å². The summed E-state index contributed by atoms with van der Waals surface area (Å²) in [7, 11) is -2.66. The smallest absolute Gasteiger partial charge is 0.318 e. The largest absolute Gasteiger partial charge is 0.480 e. The molecule has 5 nitrogen and oxygen atoms in total. The SMILES string of the molecule is CN(CC(=O)O)S(=O)(=O)c1ccccc1Cl. The number of aliphatic carboxylic acids is 1. The minimum atomic E-state index is -3.84. The monoisotopic (exact) mass is 263 g/mol. The van der Waals surface area contributed by atoms with Gasteiger partial charge in [-0.25, -0.2) is 8.42 Å². The van der Waals surface area contributed by atoms with Gasteiger partial charge in [0.05, 0.1) is 5.02 Å². The van der Waals surface area contributed by atoms with Crippen molar-refractivity contribution in [3.8, 4) is 0 Å². The molecule has 0 heterocycles. The zero-order valence-corrected chi connectivity index (χ0v) is 9.99. The molecule has 1 aromatic rings. The highest BCUT2D eigenvalue weighted by molar-refractivity contribution is 7.89. The van der Waals surface area contributed by atoms with E-state index in [2.05, 4.69) is 0 Å². The average molecular weight is 264 g/mol. The van der Waals surface area contributed by atoms with E-state index in [4.69, 9.17) is 16.7 Å². The summed E-state index contributed by atoms with van der Waals surface area (Å²) in [5, 5.41) is 8.59. The number of benzene rings is 1. The number of carboxylic acid groups (broad SMARTS) is 1. The van der Waals surface area contributed by atoms with Crippen LogP contribution in [0.1, 0.15) is 0 Å². The Morgan fingerprint density at radius 1 is 1.44 bits per heavy atom. The van der Waals surface area contributed by atoms with Crippen molar-refractivity contribution in [3.05, 3.63) is 29.3 Å². The Balaban J connectivity index is 3.12. The molecule has 0 aromatic heterocycles. The number of nitrogens with zero attached hydrogens (tertiary/aromatic N) is 1. The van der Waals surface area contributed by atoms with Gasteiger partial charge in [0.1, 0.15) is 11.4 Å². The molecule has 0 amide bonds. The summed E-state index contributed by atoms with van der Waals surface area (Å²) in [6.07, 6.45) is 0. The Morgan fingerprint density at radius 3 is 2.50 bits per heavy atom. The minimum absolute atomic E-state index is 0.0692. The zero-order chi connectivity index (χ0) is 12.3.